The molecule has 0 spiro atoms. The molecule has 18 heavy (non-hydrogen) atoms. The average molecular weight is 269 g/mol. The lowest BCUT2D eigenvalue weighted by atomic mass is 10.1. The zero-order chi connectivity index (χ0) is 13.5. The number of unbranched alkanes of at least 4 members (excludes halogenated alkanes) is 2. The fraction of sp³-hybridized carbons (Fsp3) is 0.600. The second-order valence-electron chi connectivity index (χ2n) is 5.16. The van der Waals surface area contributed by atoms with Gasteiger partial charge in [0.25, 0.3) is 0 Å². The Morgan fingerprint density at radius 1 is 1.22 bits per heavy atom. The molecule has 0 aromatic heterocycles. The van der Waals surface area contributed by atoms with E-state index in [1.165, 1.54) is 24.8 Å². The molecule has 0 heterocycles. The van der Waals surface area contributed by atoms with Gasteiger partial charge in [-0.3, -0.25) is 4.90 Å². The number of hydrogen-bond acceptors (Lipinski definition) is 2. The number of hydrogen-bond donors (Lipinski definition) is 1. The third-order valence-corrected chi connectivity index (χ3v) is 3.36. The minimum Gasteiger partial charge on any atom is -0.399 e. The van der Waals surface area contributed by atoms with Gasteiger partial charge in [-0.1, -0.05) is 31.4 Å². The van der Waals surface area contributed by atoms with Crippen LogP contribution in [0.25, 0.3) is 0 Å². The summed E-state index contributed by atoms with van der Waals surface area (Å²) in [5.74, 6) is 0. The first kappa shape index (κ1) is 15.3. The number of nitrogens with two attached hydrogens (primary N) is 1. The zero-order valence-electron chi connectivity index (χ0n) is 11.7. The molecule has 0 amide bonds. The van der Waals surface area contributed by atoms with Crippen molar-refractivity contribution in [3.8, 4) is 0 Å². The van der Waals surface area contributed by atoms with Crippen molar-refractivity contribution < 1.29 is 0 Å². The zero-order valence-corrected chi connectivity index (χ0v) is 12.5. The van der Waals surface area contributed by atoms with E-state index in [0.717, 1.165) is 23.8 Å². The van der Waals surface area contributed by atoms with Crippen LogP contribution in [-0.2, 0) is 6.54 Å². The van der Waals surface area contributed by atoms with Crippen LogP contribution in [0.1, 0.15) is 45.6 Å². The molecular formula is C15H25ClN2. The van der Waals surface area contributed by atoms with Gasteiger partial charge >= 0.3 is 0 Å². The largest absolute Gasteiger partial charge is 0.399 e. The van der Waals surface area contributed by atoms with Crippen LogP contribution in [0, 0.1) is 0 Å². The number of rotatable bonds is 7. The molecule has 1 rings (SSSR count). The van der Waals surface area contributed by atoms with Gasteiger partial charge in [0.2, 0.25) is 0 Å². The van der Waals surface area contributed by atoms with Crippen molar-refractivity contribution in [3.05, 3.63) is 28.8 Å². The van der Waals surface area contributed by atoms with E-state index in [9.17, 15) is 0 Å². The Bertz CT molecular complexity index is 343. The fourth-order valence-corrected chi connectivity index (χ4v) is 2.35. The minimum absolute atomic E-state index is 0.544. The first-order valence-electron chi connectivity index (χ1n) is 6.82. The lowest BCUT2D eigenvalue weighted by molar-refractivity contribution is 0.208. The molecule has 0 aliphatic heterocycles. The maximum absolute atomic E-state index is 6.04. The van der Waals surface area contributed by atoms with Gasteiger partial charge < -0.3 is 5.73 Å². The number of anilines is 1. The third-order valence-electron chi connectivity index (χ3n) is 3.14. The topological polar surface area (TPSA) is 29.3 Å². The highest BCUT2D eigenvalue weighted by Crippen LogP contribution is 2.19. The minimum atomic E-state index is 0.544. The highest BCUT2D eigenvalue weighted by molar-refractivity contribution is 6.30. The summed E-state index contributed by atoms with van der Waals surface area (Å²) in [4.78, 5) is 2.47. The Hall–Kier alpha value is -0.730. The van der Waals surface area contributed by atoms with Crippen molar-refractivity contribution in [2.24, 2.45) is 0 Å². The molecule has 0 saturated heterocycles. The van der Waals surface area contributed by atoms with Crippen LogP contribution in [0.4, 0.5) is 5.69 Å². The summed E-state index contributed by atoms with van der Waals surface area (Å²) in [6.45, 7) is 8.77. The van der Waals surface area contributed by atoms with Crippen molar-refractivity contribution in [1.29, 1.82) is 0 Å². The van der Waals surface area contributed by atoms with Gasteiger partial charge in [0.1, 0.15) is 0 Å². The highest BCUT2D eigenvalue weighted by Gasteiger charge is 2.10. The van der Waals surface area contributed by atoms with E-state index in [-0.39, 0.29) is 0 Å². The van der Waals surface area contributed by atoms with Crippen LogP contribution in [0.15, 0.2) is 18.2 Å². The Morgan fingerprint density at radius 3 is 2.50 bits per heavy atom. The normalized spacial score (nSPS) is 11.4. The van der Waals surface area contributed by atoms with Crippen molar-refractivity contribution in [3.63, 3.8) is 0 Å². The van der Waals surface area contributed by atoms with Crippen molar-refractivity contribution in [2.45, 2.75) is 52.6 Å². The first-order valence-corrected chi connectivity index (χ1v) is 7.19. The van der Waals surface area contributed by atoms with E-state index in [2.05, 4.69) is 25.7 Å². The molecule has 0 radical (unpaired) electrons. The maximum Gasteiger partial charge on any atom is 0.0429 e. The Kier molecular flexibility index (Phi) is 6.51. The summed E-state index contributed by atoms with van der Waals surface area (Å²) in [5, 5.41) is 0.724. The molecule has 2 N–H and O–H groups in total. The summed E-state index contributed by atoms with van der Waals surface area (Å²) in [5.41, 5.74) is 7.77. The SMILES string of the molecule is CCCCCN(Cc1cc(N)cc(Cl)c1)C(C)C. The lowest BCUT2D eigenvalue weighted by Crippen LogP contribution is -2.31. The molecule has 3 heteroatoms. The van der Waals surface area contributed by atoms with E-state index < -0.39 is 0 Å². The summed E-state index contributed by atoms with van der Waals surface area (Å²) in [6, 6.07) is 6.36. The van der Waals surface area contributed by atoms with Gasteiger partial charge in [0.15, 0.2) is 0 Å². The Morgan fingerprint density at radius 2 is 1.94 bits per heavy atom. The van der Waals surface area contributed by atoms with Crippen LogP contribution < -0.4 is 5.73 Å². The summed E-state index contributed by atoms with van der Waals surface area (Å²) in [6.07, 6.45) is 3.81. The molecule has 1 aromatic carbocycles. The maximum atomic E-state index is 6.04. The average Bonchev–Trinajstić information content (AvgIpc) is 2.26. The first-order chi connectivity index (χ1) is 8.52. The van der Waals surface area contributed by atoms with Gasteiger partial charge in [0, 0.05) is 23.3 Å². The van der Waals surface area contributed by atoms with Crippen molar-refractivity contribution >= 4 is 17.3 Å². The molecule has 0 bridgehead atoms. The van der Waals surface area contributed by atoms with Crippen molar-refractivity contribution in [1.82, 2.24) is 4.90 Å². The molecule has 0 aliphatic rings. The van der Waals surface area contributed by atoms with Crippen LogP contribution in [0.3, 0.4) is 0 Å². The second-order valence-corrected chi connectivity index (χ2v) is 5.60. The van der Waals surface area contributed by atoms with Gasteiger partial charge in [-0.15, -0.1) is 0 Å². The molecule has 0 aliphatic carbocycles. The number of benzene rings is 1. The van der Waals surface area contributed by atoms with Gasteiger partial charge in [-0.2, -0.15) is 0 Å². The van der Waals surface area contributed by atoms with Crippen LogP contribution in [-0.4, -0.2) is 17.5 Å². The van der Waals surface area contributed by atoms with Crippen LogP contribution in [0.5, 0.6) is 0 Å². The molecule has 2 nitrogen and oxygen atoms in total. The summed E-state index contributed by atoms with van der Waals surface area (Å²) < 4.78 is 0. The number of halogens is 1. The van der Waals surface area contributed by atoms with Gasteiger partial charge in [-0.05, 0) is 50.6 Å². The predicted molar refractivity (Wildman–Crippen MR) is 80.9 cm³/mol. The monoisotopic (exact) mass is 268 g/mol. The van der Waals surface area contributed by atoms with E-state index in [1.54, 1.807) is 6.07 Å². The molecule has 1 aromatic rings. The molecule has 0 fully saturated rings. The van der Waals surface area contributed by atoms with Crippen LogP contribution in [0.2, 0.25) is 5.02 Å². The fourth-order valence-electron chi connectivity index (χ4n) is 2.09. The highest BCUT2D eigenvalue weighted by atomic mass is 35.5. The van der Waals surface area contributed by atoms with E-state index >= 15 is 0 Å². The molecule has 0 unspecified atom stereocenters. The standard InChI is InChI=1S/C15H25ClN2/c1-4-5-6-7-18(12(2)3)11-13-8-14(16)10-15(17)9-13/h8-10,12H,4-7,11,17H2,1-3H3. The van der Waals surface area contributed by atoms with E-state index in [4.69, 9.17) is 17.3 Å². The Balaban J connectivity index is 2.64. The number of nitrogens with zero attached hydrogens (tertiary/aromatic N) is 1. The van der Waals surface area contributed by atoms with E-state index in [1.807, 2.05) is 12.1 Å². The predicted octanol–water partition coefficient (Wildman–Crippen LogP) is 4.32. The number of nitrogen functional groups attached to an aromatic ring is 1. The van der Waals surface area contributed by atoms with Crippen molar-refractivity contribution in [2.75, 3.05) is 12.3 Å². The van der Waals surface area contributed by atoms with Gasteiger partial charge in [-0.25, -0.2) is 0 Å². The van der Waals surface area contributed by atoms with E-state index in [0.29, 0.717) is 6.04 Å². The van der Waals surface area contributed by atoms with Crippen LogP contribution >= 0.6 is 11.6 Å². The molecule has 0 atom stereocenters. The third kappa shape index (κ3) is 5.28. The molecular weight excluding hydrogens is 244 g/mol. The Labute approximate surface area is 116 Å². The molecule has 0 saturated carbocycles. The molecule has 102 valence electrons. The lowest BCUT2D eigenvalue weighted by Gasteiger charge is -2.26. The second kappa shape index (κ2) is 7.65. The van der Waals surface area contributed by atoms with Gasteiger partial charge in [0.05, 0.1) is 0 Å². The quantitative estimate of drug-likeness (QED) is 0.589. The smallest absolute Gasteiger partial charge is 0.0429 e. The summed E-state index contributed by atoms with van der Waals surface area (Å²) >= 11 is 6.04. The summed E-state index contributed by atoms with van der Waals surface area (Å²) in [7, 11) is 0.